The van der Waals surface area contributed by atoms with Crippen LogP contribution in [0.5, 0.6) is 11.5 Å². The molecule has 11 heteroatoms. The Morgan fingerprint density at radius 2 is 2.16 bits per heavy atom. The van der Waals surface area contributed by atoms with Crippen LogP contribution in [0, 0.1) is 5.82 Å². The molecule has 1 aromatic heterocycles. The van der Waals surface area contributed by atoms with Gasteiger partial charge in [0, 0.05) is 24.9 Å². The van der Waals surface area contributed by atoms with E-state index in [1.165, 1.54) is 6.07 Å². The van der Waals surface area contributed by atoms with Gasteiger partial charge in [-0.05, 0) is 69.2 Å². The molecule has 3 rings (SSSR count). The first-order chi connectivity index (χ1) is 15.0. The summed E-state index contributed by atoms with van der Waals surface area (Å²) in [7, 11) is 3.39. The van der Waals surface area contributed by atoms with E-state index in [2.05, 4.69) is 36.8 Å². The van der Waals surface area contributed by atoms with E-state index in [0.717, 1.165) is 33.9 Å². The van der Waals surface area contributed by atoms with Gasteiger partial charge in [0.05, 0.1) is 16.6 Å². The molecule has 1 heterocycles. The molecule has 0 saturated carbocycles. The lowest BCUT2D eigenvalue weighted by Crippen LogP contribution is -2.15. The number of nitrogens with zero attached hydrogens (tertiary/aromatic N) is 4. The lowest BCUT2D eigenvalue weighted by molar-refractivity contribution is 0.277. The topological polar surface area (TPSA) is 74.1 Å². The highest BCUT2D eigenvalue weighted by molar-refractivity contribution is 9.10. The highest BCUT2D eigenvalue weighted by Crippen LogP contribution is 2.37. The van der Waals surface area contributed by atoms with Crippen LogP contribution in [0.1, 0.15) is 17.5 Å². The Labute approximate surface area is 197 Å². The number of ether oxygens (including phenoxy) is 2. The second-order valence-corrected chi connectivity index (χ2v) is 8.89. The van der Waals surface area contributed by atoms with Gasteiger partial charge in [-0.25, -0.2) is 9.07 Å². The molecule has 0 aliphatic carbocycles. The minimum Gasteiger partial charge on any atom is -0.493 e. The first-order valence-corrected chi connectivity index (χ1v) is 11.6. The summed E-state index contributed by atoms with van der Waals surface area (Å²) in [5, 5.41) is 15.9. The molecule has 2 aromatic carbocycles. The zero-order valence-corrected chi connectivity index (χ0v) is 20.2. The molecular formula is C20H22BrClFN5O2S. The summed E-state index contributed by atoms with van der Waals surface area (Å²) in [5.41, 5.74) is 1.34. The van der Waals surface area contributed by atoms with Gasteiger partial charge in [-0.3, -0.25) is 0 Å². The van der Waals surface area contributed by atoms with Crippen molar-refractivity contribution >= 4 is 39.3 Å². The SMILES string of the molecule is COc1cc(CNCCCSc2nnnn2C)cc(Br)c1OCc1c(F)cccc1Cl. The normalized spacial score (nSPS) is 11.0. The molecule has 0 spiro atoms. The minimum absolute atomic E-state index is 0.00320. The zero-order chi connectivity index (χ0) is 22.2. The third kappa shape index (κ3) is 6.55. The van der Waals surface area contributed by atoms with E-state index in [-0.39, 0.29) is 6.61 Å². The molecule has 0 aliphatic rings. The van der Waals surface area contributed by atoms with Gasteiger partial charge in [-0.2, -0.15) is 0 Å². The van der Waals surface area contributed by atoms with Crippen molar-refractivity contribution in [1.29, 1.82) is 0 Å². The van der Waals surface area contributed by atoms with E-state index in [1.54, 1.807) is 35.7 Å². The summed E-state index contributed by atoms with van der Waals surface area (Å²) in [6.45, 7) is 1.52. The minimum atomic E-state index is -0.406. The Hall–Kier alpha value is -1.88. The molecule has 0 amide bonds. The number of methoxy groups -OCH3 is 1. The molecule has 166 valence electrons. The van der Waals surface area contributed by atoms with Gasteiger partial charge in [0.1, 0.15) is 12.4 Å². The molecule has 3 aromatic rings. The summed E-state index contributed by atoms with van der Waals surface area (Å²) in [5.74, 6) is 1.57. The molecule has 0 fully saturated rings. The molecule has 0 aliphatic heterocycles. The van der Waals surface area contributed by atoms with Crippen molar-refractivity contribution in [1.82, 2.24) is 25.5 Å². The predicted molar refractivity (Wildman–Crippen MR) is 122 cm³/mol. The largest absolute Gasteiger partial charge is 0.493 e. The van der Waals surface area contributed by atoms with Crippen LogP contribution in [0.25, 0.3) is 0 Å². The molecule has 0 unspecified atom stereocenters. The molecule has 7 nitrogen and oxygen atoms in total. The number of tetrazole rings is 1. The maximum atomic E-state index is 14.0. The van der Waals surface area contributed by atoms with E-state index < -0.39 is 5.82 Å². The van der Waals surface area contributed by atoms with E-state index in [9.17, 15) is 4.39 Å². The van der Waals surface area contributed by atoms with E-state index in [4.69, 9.17) is 21.1 Å². The van der Waals surface area contributed by atoms with E-state index >= 15 is 0 Å². The fourth-order valence-corrected chi connectivity index (χ4v) is 4.38. The summed E-state index contributed by atoms with van der Waals surface area (Å²) in [6, 6.07) is 8.40. The van der Waals surface area contributed by atoms with Crippen LogP contribution in [-0.4, -0.2) is 39.6 Å². The molecule has 1 N–H and O–H groups in total. The summed E-state index contributed by atoms with van der Waals surface area (Å²) >= 11 is 11.2. The Balaban J connectivity index is 1.52. The zero-order valence-electron chi connectivity index (χ0n) is 17.1. The monoisotopic (exact) mass is 529 g/mol. The van der Waals surface area contributed by atoms with Gasteiger partial charge < -0.3 is 14.8 Å². The summed E-state index contributed by atoms with van der Waals surface area (Å²) < 4.78 is 27.7. The molecular weight excluding hydrogens is 509 g/mol. The van der Waals surface area contributed by atoms with Gasteiger partial charge in [-0.15, -0.1) is 5.10 Å². The molecule has 0 atom stereocenters. The highest BCUT2D eigenvalue weighted by Gasteiger charge is 2.14. The van der Waals surface area contributed by atoms with Crippen LogP contribution in [0.2, 0.25) is 5.02 Å². The number of hydrogen-bond acceptors (Lipinski definition) is 7. The molecule has 0 bridgehead atoms. The first kappa shape index (κ1) is 23.8. The maximum Gasteiger partial charge on any atom is 0.209 e. The number of aromatic nitrogens is 4. The van der Waals surface area contributed by atoms with E-state index in [0.29, 0.717) is 28.6 Å². The quantitative estimate of drug-likeness (QED) is 0.286. The fourth-order valence-electron chi connectivity index (χ4n) is 2.77. The van der Waals surface area contributed by atoms with Crippen LogP contribution < -0.4 is 14.8 Å². The van der Waals surface area contributed by atoms with Crippen LogP contribution in [-0.2, 0) is 20.2 Å². The summed E-state index contributed by atoms with van der Waals surface area (Å²) in [4.78, 5) is 0. The van der Waals surface area contributed by atoms with Crippen molar-refractivity contribution in [2.45, 2.75) is 24.7 Å². The first-order valence-electron chi connectivity index (χ1n) is 9.47. The standard InChI is InChI=1S/C20H22BrClFN5O2S/c1-28-20(25-26-27-28)31-8-4-7-24-11-13-9-15(21)19(18(10-13)29-2)30-12-14-16(22)5-3-6-17(14)23/h3,5-6,9-10,24H,4,7-8,11-12H2,1-2H3. The Morgan fingerprint density at radius 1 is 1.32 bits per heavy atom. The van der Waals surface area contributed by atoms with Crippen molar-refractivity contribution in [2.75, 3.05) is 19.4 Å². The number of benzene rings is 2. The van der Waals surface area contributed by atoms with Crippen LogP contribution in [0.3, 0.4) is 0 Å². The second-order valence-electron chi connectivity index (χ2n) is 6.56. The van der Waals surface area contributed by atoms with Gasteiger partial charge in [0.15, 0.2) is 11.5 Å². The van der Waals surface area contributed by atoms with Gasteiger partial charge in [0.2, 0.25) is 5.16 Å². The third-order valence-electron chi connectivity index (χ3n) is 4.35. The third-order valence-corrected chi connectivity index (χ3v) is 6.39. The smallest absolute Gasteiger partial charge is 0.209 e. The lowest BCUT2D eigenvalue weighted by atomic mass is 10.2. The molecule has 0 saturated heterocycles. The summed E-state index contributed by atoms with van der Waals surface area (Å²) in [6.07, 6.45) is 0.973. The van der Waals surface area contributed by atoms with Crippen LogP contribution in [0.15, 0.2) is 40.0 Å². The molecule has 31 heavy (non-hydrogen) atoms. The molecule has 0 radical (unpaired) electrons. The number of hydrogen-bond donors (Lipinski definition) is 1. The van der Waals surface area contributed by atoms with Crippen molar-refractivity contribution < 1.29 is 13.9 Å². The van der Waals surface area contributed by atoms with Crippen molar-refractivity contribution in [3.8, 4) is 11.5 Å². The number of nitrogens with one attached hydrogen (secondary N) is 1. The van der Waals surface area contributed by atoms with Gasteiger partial charge >= 0.3 is 0 Å². The number of halogens is 3. The van der Waals surface area contributed by atoms with Crippen molar-refractivity contribution in [3.05, 3.63) is 56.8 Å². The number of aryl methyl sites for hydroxylation is 1. The Kier molecular flexibility index (Phi) is 8.94. The average molecular weight is 531 g/mol. The van der Waals surface area contributed by atoms with Crippen molar-refractivity contribution in [3.63, 3.8) is 0 Å². The van der Waals surface area contributed by atoms with Gasteiger partial charge in [-0.1, -0.05) is 29.4 Å². The van der Waals surface area contributed by atoms with Crippen molar-refractivity contribution in [2.24, 2.45) is 7.05 Å². The Bertz CT molecular complexity index is 1000. The van der Waals surface area contributed by atoms with Crippen LogP contribution in [0.4, 0.5) is 4.39 Å². The van der Waals surface area contributed by atoms with Crippen LogP contribution >= 0.6 is 39.3 Å². The second kappa shape index (κ2) is 11.7. The van der Waals surface area contributed by atoms with E-state index in [1.807, 2.05) is 19.2 Å². The number of rotatable bonds is 11. The predicted octanol–water partition coefficient (Wildman–Crippen LogP) is 4.62. The Morgan fingerprint density at radius 3 is 2.87 bits per heavy atom. The maximum absolute atomic E-state index is 14.0. The average Bonchev–Trinajstić information content (AvgIpc) is 3.15. The van der Waals surface area contributed by atoms with Gasteiger partial charge in [0.25, 0.3) is 0 Å². The number of thioether (sulfide) groups is 1. The fraction of sp³-hybridized carbons (Fsp3) is 0.350. The highest BCUT2D eigenvalue weighted by atomic mass is 79.9. The lowest BCUT2D eigenvalue weighted by Gasteiger charge is -2.15.